The summed E-state index contributed by atoms with van der Waals surface area (Å²) in [5.74, 6) is 0.118. The van der Waals surface area contributed by atoms with Crippen molar-refractivity contribution in [3.8, 4) is 0 Å². The summed E-state index contributed by atoms with van der Waals surface area (Å²) in [5.41, 5.74) is 3.13. The molecule has 0 bridgehead atoms. The van der Waals surface area contributed by atoms with Gasteiger partial charge in [0.15, 0.2) is 0 Å². The first kappa shape index (κ1) is 15.7. The number of aromatic amines is 1. The van der Waals surface area contributed by atoms with Crippen LogP contribution in [0.25, 0.3) is 10.9 Å². The molecule has 1 atom stereocenters. The average Bonchev–Trinajstić information content (AvgIpc) is 3.09. The number of hydrogen-bond acceptors (Lipinski definition) is 3. The molecule has 4 nitrogen and oxygen atoms in total. The van der Waals surface area contributed by atoms with Crippen molar-refractivity contribution in [3.05, 3.63) is 51.6 Å². The number of nitrogens with one attached hydrogen (secondary N) is 1. The summed E-state index contributed by atoms with van der Waals surface area (Å²) in [6.45, 7) is 6.07. The molecule has 5 heteroatoms. The maximum atomic E-state index is 12.7. The number of aryl methyl sites for hydroxylation is 2. The number of thiazole rings is 1. The van der Waals surface area contributed by atoms with Crippen LogP contribution >= 0.6 is 11.3 Å². The van der Waals surface area contributed by atoms with E-state index in [0.29, 0.717) is 6.42 Å². The Bertz CT molecular complexity index is 849. The van der Waals surface area contributed by atoms with Gasteiger partial charge in [-0.2, -0.15) is 0 Å². The number of likely N-dealkylation sites (N-methyl/N-ethyl adjacent to an activating group) is 1. The van der Waals surface area contributed by atoms with Gasteiger partial charge < -0.3 is 9.88 Å². The van der Waals surface area contributed by atoms with E-state index in [-0.39, 0.29) is 11.9 Å². The number of fused-ring (bicyclic) bond motifs is 1. The van der Waals surface area contributed by atoms with Gasteiger partial charge in [-0.25, -0.2) is 4.98 Å². The first-order valence-electron chi connectivity index (χ1n) is 7.72. The Hall–Kier alpha value is -2.14. The van der Waals surface area contributed by atoms with Crippen LogP contribution in [0.2, 0.25) is 0 Å². The number of benzene rings is 1. The Morgan fingerprint density at radius 2 is 2.09 bits per heavy atom. The number of carbonyl (C=O) groups excluding carboxylic acids is 1. The standard InChI is InChI=1S/C18H21N3OS/c1-11-18(23-13(3)20-11)12(2)21(4)17(22)9-14-10-19-16-8-6-5-7-15(14)16/h5-8,10,12,19H,9H2,1-4H3/t12-/m1/s1. The molecule has 1 amide bonds. The van der Waals surface area contributed by atoms with E-state index in [9.17, 15) is 4.79 Å². The Morgan fingerprint density at radius 3 is 2.78 bits per heavy atom. The lowest BCUT2D eigenvalue weighted by Gasteiger charge is -2.24. The topological polar surface area (TPSA) is 49.0 Å². The molecule has 2 aromatic heterocycles. The predicted molar refractivity (Wildman–Crippen MR) is 94.8 cm³/mol. The summed E-state index contributed by atoms with van der Waals surface area (Å²) in [7, 11) is 1.87. The smallest absolute Gasteiger partial charge is 0.227 e. The minimum atomic E-state index is 0.0407. The van der Waals surface area contributed by atoms with E-state index in [1.165, 1.54) is 0 Å². The third-order valence-corrected chi connectivity index (χ3v) is 5.55. The van der Waals surface area contributed by atoms with Crippen molar-refractivity contribution in [1.82, 2.24) is 14.9 Å². The number of nitrogens with zero attached hydrogens (tertiary/aromatic N) is 2. The second kappa shape index (κ2) is 6.16. The SMILES string of the molecule is Cc1nc(C)c([C@@H](C)N(C)C(=O)Cc2c[nH]c3ccccc23)s1. The molecule has 120 valence electrons. The number of aromatic nitrogens is 2. The van der Waals surface area contributed by atoms with Crippen LogP contribution in [0.15, 0.2) is 30.5 Å². The van der Waals surface area contributed by atoms with Crippen molar-refractivity contribution in [1.29, 1.82) is 0 Å². The number of carbonyl (C=O) groups is 1. The van der Waals surface area contributed by atoms with Gasteiger partial charge in [-0.05, 0) is 32.4 Å². The lowest BCUT2D eigenvalue weighted by atomic mass is 10.1. The van der Waals surface area contributed by atoms with Gasteiger partial charge in [0.05, 0.1) is 23.2 Å². The summed E-state index contributed by atoms with van der Waals surface area (Å²) in [6, 6.07) is 8.11. The molecule has 1 aromatic carbocycles. The molecule has 1 N–H and O–H groups in total. The molecule has 0 radical (unpaired) electrons. The number of para-hydroxylation sites is 1. The van der Waals surface area contributed by atoms with Crippen molar-refractivity contribution in [3.63, 3.8) is 0 Å². The lowest BCUT2D eigenvalue weighted by Crippen LogP contribution is -2.30. The maximum absolute atomic E-state index is 12.7. The van der Waals surface area contributed by atoms with E-state index in [2.05, 4.69) is 23.0 Å². The van der Waals surface area contributed by atoms with Crippen molar-refractivity contribution in [2.24, 2.45) is 0 Å². The summed E-state index contributed by atoms with van der Waals surface area (Å²) in [4.78, 5) is 23.4. The highest BCUT2D eigenvalue weighted by molar-refractivity contribution is 7.11. The Kier molecular flexibility index (Phi) is 4.22. The summed E-state index contributed by atoms with van der Waals surface area (Å²) in [6.07, 6.45) is 2.34. The molecule has 3 rings (SSSR count). The molecule has 0 aliphatic carbocycles. The van der Waals surface area contributed by atoms with Crippen LogP contribution in [0, 0.1) is 13.8 Å². The van der Waals surface area contributed by atoms with Crippen LogP contribution in [0.1, 0.15) is 34.1 Å². The lowest BCUT2D eigenvalue weighted by molar-refractivity contribution is -0.131. The van der Waals surface area contributed by atoms with Gasteiger partial charge in [0.2, 0.25) is 5.91 Å². The molecular weight excluding hydrogens is 306 g/mol. The van der Waals surface area contributed by atoms with Crippen LogP contribution in [0.5, 0.6) is 0 Å². The fourth-order valence-corrected chi connectivity index (χ4v) is 3.91. The second-order valence-corrected chi connectivity index (χ2v) is 7.13. The van der Waals surface area contributed by atoms with Crippen LogP contribution in [0.3, 0.4) is 0 Å². The summed E-state index contributed by atoms with van der Waals surface area (Å²) < 4.78 is 0. The second-order valence-electron chi connectivity index (χ2n) is 5.90. The fraction of sp³-hybridized carbons (Fsp3) is 0.333. The number of rotatable bonds is 4. The molecule has 0 fully saturated rings. The average molecular weight is 327 g/mol. The highest BCUT2D eigenvalue weighted by Gasteiger charge is 2.22. The van der Waals surface area contributed by atoms with Crippen molar-refractivity contribution in [2.75, 3.05) is 7.05 Å². The van der Waals surface area contributed by atoms with Gasteiger partial charge in [-0.1, -0.05) is 18.2 Å². The van der Waals surface area contributed by atoms with E-state index in [1.807, 2.05) is 50.2 Å². The van der Waals surface area contributed by atoms with Crippen LogP contribution < -0.4 is 0 Å². The zero-order valence-corrected chi connectivity index (χ0v) is 14.7. The molecule has 0 saturated heterocycles. The van der Waals surface area contributed by atoms with Gasteiger partial charge in [-0.3, -0.25) is 4.79 Å². The van der Waals surface area contributed by atoms with Crippen molar-refractivity contribution in [2.45, 2.75) is 33.2 Å². The Morgan fingerprint density at radius 1 is 1.35 bits per heavy atom. The normalized spacial score (nSPS) is 12.5. The maximum Gasteiger partial charge on any atom is 0.227 e. The molecule has 23 heavy (non-hydrogen) atoms. The first-order valence-corrected chi connectivity index (χ1v) is 8.53. The Labute approximate surface area is 140 Å². The van der Waals surface area contributed by atoms with Crippen LogP contribution in [-0.4, -0.2) is 27.8 Å². The molecule has 3 aromatic rings. The van der Waals surface area contributed by atoms with Crippen molar-refractivity contribution < 1.29 is 4.79 Å². The minimum Gasteiger partial charge on any atom is -0.361 e. The molecule has 0 saturated carbocycles. The van der Waals surface area contributed by atoms with Crippen LogP contribution in [-0.2, 0) is 11.2 Å². The summed E-state index contributed by atoms with van der Waals surface area (Å²) >= 11 is 1.67. The third kappa shape index (κ3) is 3.01. The third-order valence-electron chi connectivity index (χ3n) is 4.31. The zero-order valence-electron chi connectivity index (χ0n) is 13.9. The first-order chi connectivity index (χ1) is 11.0. The van der Waals surface area contributed by atoms with Gasteiger partial charge >= 0.3 is 0 Å². The molecule has 0 aliphatic heterocycles. The van der Waals surface area contributed by atoms with E-state index < -0.39 is 0 Å². The van der Waals surface area contributed by atoms with Gasteiger partial charge in [-0.15, -0.1) is 11.3 Å². The van der Waals surface area contributed by atoms with Gasteiger partial charge in [0, 0.05) is 29.0 Å². The monoisotopic (exact) mass is 327 g/mol. The van der Waals surface area contributed by atoms with E-state index in [0.717, 1.165) is 32.0 Å². The predicted octanol–water partition coefficient (Wildman–Crippen LogP) is 4.00. The molecular formula is C18H21N3OS. The molecule has 0 aliphatic rings. The van der Waals surface area contributed by atoms with Crippen molar-refractivity contribution >= 4 is 28.1 Å². The van der Waals surface area contributed by atoms with E-state index in [1.54, 1.807) is 11.3 Å². The largest absolute Gasteiger partial charge is 0.361 e. The molecule has 2 heterocycles. The number of H-pyrrole nitrogens is 1. The number of amides is 1. The zero-order chi connectivity index (χ0) is 16.6. The van der Waals surface area contributed by atoms with E-state index in [4.69, 9.17) is 0 Å². The highest BCUT2D eigenvalue weighted by Crippen LogP contribution is 2.29. The quantitative estimate of drug-likeness (QED) is 0.787. The number of hydrogen-bond donors (Lipinski definition) is 1. The van der Waals surface area contributed by atoms with Gasteiger partial charge in [0.1, 0.15) is 0 Å². The fourth-order valence-electron chi connectivity index (χ4n) is 2.89. The highest BCUT2D eigenvalue weighted by atomic mass is 32.1. The molecule has 0 spiro atoms. The molecule has 0 unspecified atom stereocenters. The van der Waals surface area contributed by atoms with Gasteiger partial charge in [0.25, 0.3) is 0 Å². The minimum absolute atomic E-state index is 0.0407. The van der Waals surface area contributed by atoms with Crippen LogP contribution in [0.4, 0.5) is 0 Å². The summed E-state index contributed by atoms with van der Waals surface area (Å²) in [5, 5.41) is 2.16. The van der Waals surface area contributed by atoms with E-state index >= 15 is 0 Å². The Balaban J connectivity index is 1.78.